The molecule has 3 unspecified atom stereocenters. The van der Waals surface area contributed by atoms with E-state index in [1.54, 1.807) is 0 Å². The largest absolute Gasteiger partial charge is 0.479 e. The highest BCUT2D eigenvalue weighted by Crippen LogP contribution is 2.45. The van der Waals surface area contributed by atoms with Gasteiger partial charge in [-0.3, -0.25) is 14.5 Å². The minimum Gasteiger partial charge on any atom is -0.479 e. The molecule has 5 nitrogen and oxygen atoms in total. The Hall–Kier alpha value is -1.39. The maximum absolute atomic E-state index is 12.4. The Labute approximate surface area is 113 Å². The van der Waals surface area contributed by atoms with E-state index in [4.69, 9.17) is 0 Å². The van der Waals surface area contributed by atoms with Gasteiger partial charge in [-0.15, -0.1) is 0 Å². The second-order valence-electron chi connectivity index (χ2n) is 6.13. The Morgan fingerprint density at radius 2 is 1.79 bits per heavy atom. The van der Waals surface area contributed by atoms with Gasteiger partial charge in [-0.25, -0.2) is 4.79 Å². The highest BCUT2D eigenvalue weighted by atomic mass is 16.4. The summed E-state index contributed by atoms with van der Waals surface area (Å²) in [6.07, 6.45) is 2.32. The minimum absolute atomic E-state index is 0.280. The predicted molar refractivity (Wildman–Crippen MR) is 68.2 cm³/mol. The second kappa shape index (κ2) is 4.62. The van der Waals surface area contributed by atoms with Crippen molar-refractivity contribution in [3.05, 3.63) is 0 Å². The molecule has 2 rings (SSSR count). The van der Waals surface area contributed by atoms with E-state index < -0.39 is 11.5 Å². The van der Waals surface area contributed by atoms with Crippen LogP contribution in [0.4, 0.5) is 0 Å². The second-order valence-corrected chi connectivity index (χ2v) is 6.13. The number of carboxylic acids is 1. The summed E-state index contributed by atoms with van der Waals surface area (Å²) >= 11 is 0. The molecule has 1 saturated heterocycles. The summed E-state index contributed by atoms with van der Waals surface area (Å²) in [5.41, 5.74) is -1.39. The Bertz CT molecular complexity index is 409. The summed E-state index contributed by atoms with van der Waals surface area (Å²) in [4.78, 5) is 37.4. The summed E-state index contributed by atoms with van der Waals surface area (Å²) in [5, 5.41) is 9.43. The van der Waals surface area contributed by atoms with Crippen molar-refractivity contribution in [3.8, 4) is 0 Å². The number of carbonyl (C=O) groups is 3. The lowest BCUT2D eigenvalue weighted by atomic mass is 9.93. The molecule has 19 heavy (non-hydrogen) atoms. The first-order chi connectivity index (χ1) is 8.82. The Morgan fingerprint density at radius 3 is 2.16 bits per heavy atom. The van der Waals surface area contributed by atoms with Crippen LogP contribution < -0.4 is 0 Å². The van der Waals surface area contributed by atoms with Crippen molar-refractivity contribution in [2.75, 3.05) is 0 Å². The smallest absolute Gasteiger partial charge is 0.329 e. The normalized spacial score (nSPS) is 33.4. The fourth-order valence-corrected chi connectivity index (χ4v) is 3.57. The number of hydrogen-bond acceptors (Lipinski definition) is 3. The van der Waals surface area contributed by atoms with E-state index in [1.807, 2.05) is 13.8 Å². The molecule has 2 amide bonds. The van der Waals surface area contributed by atoms with Crippen LogP contribution in [-0.4, -0.2) is 33.3 Å². The fraction of sp³-hybridized carbons (Fsp3) is 0.786. The van der Waals surface area contributed by atoms with Gasteiger partial charge in [-0.05, 0) is 32.1 Å². The highest BCUT2D eigenvalue weighted by molar-refractivity contribution is 6.09. The van der Waals surface area contributed by atoms with Crippen molar-refractivity contribution in [2.45, 2.75) is 52.0 Å². The van der Waals surface area contributed by atoms with E-state index in [0.29, 0.717) is 31.6 Å². The van der Waals surface area contributed by atoms with E-state index in [9.17, 15) is 19.5 Å². The van der Waals surface area contributed by atoms with Crippen LogP contribution in [0.2, 0.25) is 0 Å². The van der Waals surface area contributed by atoms with Crippen LogP contribution in [0.5, 0.6) is 0 Å². The van der Waals surface area contributed by atoms with Gasteiger partial charge < -0.3 is 5.11 Å². The van der Waals surface area contributed by atoms with Gasteiger partial charge in [0, 0.05) is 0 Å². The number of likely N-dealkylation sites (tertiary alicyclic amines) is 1. The molecule has 1 aliphatic carbocycles. The SMILES string of the molecule is CCCC(C)(C(=O)O)N1C(=O)C2CC(C)CC2C1=O. The van der Waals surface area contributed by atoms with E-state index in [-0.39, 0.29) is 23.7 Å². The van der Waals surface area contributed by atoms with E-state index in [2.05, 4.69) is 0 Å². The van der Waals surface area contributed by atoms with Crippen LogP contribution >= 0.6 is 0 Å². The lowest BCUT2D eigenvalue weighted by Gasteiger charge is -2.34. The quantitative estimate of drug-likeness (QED) is 0.786. The molecule has 0 aromatic heterocycles. The molecular formula is C14H21NO4. The highest BCUT2D eigenvalue weighted by Gasteiger charge is 2.58. The van der Waals surface area contributed by atoms with E-state index >= 15 is 0 Å². The molecule has 0 aromatic carbocycles. The van der Waals surface area contributed by atoms with Crippen LogP contribution in [-0.2, 0) is 14.4 Å². The molecule has 0 spiro atoms. The molecule has 1 N–H and O–H groups in total. The van der Waals surface area contributed by atoms with Crippen molar-refractivity contribution >= 4 is 17.8 Å². The van der Waals surface area contributed by atoms with Gasteiger partial charge in [0.15, 0.2) is 0 Å². The van der Waals surface area contributed by atoms with Crippen molar-refractivity contribution < 1.29 is 19.5 Å². The molecule has 1 heterocycles. The topological polar surface area (TPSA) is 74.7 Å². The third-order valence-corrected chi connectivity index (χ3v) is 4.56. The molecule has 5 heteroatoms. The fourth-order valence-electron chi connectivity index (χ4n) is 3.57. The number of aliphatic carboxylic acids is 1. The number of fused-ring (bicyclic) bond motifs is 1. The zero-order chi connectivity index (χ0) is 14.4. The van der Waals surface area contributed by atoms with Crippen molar-refractivity contribution in [3.63, 3.8) is 0 Å². The number of hydrogen-bond donors (Lipinski definition) is 1. The first-order valence-electron chi connectivity index (χ1n) is 6.94. The first-order valence-corrected chi connectivity index (χ1v) is 6.94. The monoisotopic (exact) mass is 267 g/mol. The zero-order valence-corrected chi connectivity index (χ0v) is 11.7. The maximum Gasteiger partial charge on any atom is 0.329 e. The minimum atomic E-state index is -1.39. The molecule has 106 valence electrons. The molecule has 2 fully saturated rings. The molecule has 1 saturated carbocycles. The van der Waals surface area contributed by atoms with E-state index in [1.165, 1.54) is 6.92 Å². The number of nitrogens with zero attached hydrogens (tertiary/aromatic N) is 1. The van der Waals surface area contributed by atoms with Crippen molar-refractivity contribution in [1.29, 1.82) is 0 Å². The number of amides is 2. The predicted octanol–water partition coefficient (Wildman–Crippen LogP) is 1.66. The summed E-state index contributed by atoms with van der Waals surface area (Å²) in [6, 6.07) is 0. The van der Waals surface area contributed by atoms with Crippen LogP contribution in [0.25, 0.3) is 0 Å². The summed E-state index contributed by atoms with van der Waals surface area (Å²) < 4.78 is 0. The first kappa shape index (κ1) is 14.0. The van der Waals surface area contributed by atoms with Gasteiger partial charge in [0.25, 0.3) is 0 Å². The van der Waals surface area contributed by atoms with Gasteiger partial charge in [-0.1, -0.05) is 20.3 Å². The van der Waals surface area contributed by atoms with Gasteiger partial charge in [0.1, 0.15) is 5.54 Å². The van der Waals surface area contributed by atoms with Crippen LogP contribution in [0.15, 0.2) is 0 Å². The molecule has 2 aliphatic rings. The summed E-state index contributed by atoms with van der Waals surface area (Å²) in [7, 11) is 0. The average Bonchev–Trinajstić information content (AvgIpc) is 2.79. The third-order valence-electron chi connectivity index (χ3n) is 4.56. The number of rotatable bonds is 4. The number of imide groups is 1. The Morgan fingerprint density at radius 1 is 1.32 bits per heavy atom. The molecule has 0 radical (unpaired) electrons. The standard InChI is InChI=1S/C14H21NO4/c1-4-5-14(3,13(18)19)15-11(16)9-6-8(2)7-10(9)12(15)17/h8-10H,4-7H2,1-3H3,(H,18,19). The van der Waals surface area contributed by atoms with Crippen LogP contribution in [0, 0.1) is 17.8 Å². The van der Waals surface area contributed by atoms with Crippen molar-refractivity contribution in [2.24, 2.45) is 17.8 Å². The number of carbonyl (C=O) groups excluding carboxylic acids is 2. The summed E-state index contributed by atoms with van der Waals surface area (Å²) in [6.45, 7) is 5.37. The lowest BCUT2D eigenvalue weighted by molar-refractivity contribution is -0.163. The lowest BCUT2D eigenvalue weighted by Crippen LogP contribution is -2.55. The Balaban J connectivity index is 2.33. The molecular weight excluding hydrogens is 246 g/mol. The number of carboxylic acid groups (broad SMARTS) is 1. The zero-order valence-electron chi connectivity index (χ0n) is 11.7. The van der Waals surface area contributed by atoms with Gasteiger partial charge in [-0.2, -0.15) is 0 Å². The average molecular weight is 267 g/mol. The summed E-state index contributed by atoms with van der Waals surface area (Å²) in [5.74, 6) is -1.87. The third kappa shape index (κ3) is 1.95. The molecule has 0 aromatic rings. The molecule has 3 atom stereocenters. The Kier molecular flexibility index (Phi) is 3.41. The maximum atomic E-state index is 12.4. The van der Waals surface area contributed by atoms with E-state index in [0.717, 1.165) is 4.90 Å². The van der Waals surface area contributed by atoms with Crippen molar-refractivity contribution in [1.82, 2.24) is 4.90 Å². The van der Waals surface area contributed by atoms with Crippen LogP contribution in [0.1, 0.15) is 46.5 Å². The van der Waals surface area contributed by atoms with Gasteiger partial charge in [0.2, 0.25) is 11.8 Å². The van der Waals surface area contributed by atoms with Crippen LogP contribution in [0.3, 0.4) is 0 Å². The molecule has 1 aliphatic heterocycles. The molecule has 0 bridgehead atoms. The van der Waals surface area contributed by atoms with Gasteiger partial charge >= 0.3 is 5.97 Å². The van der Waals surface area contributed by atoms with Gasteiger partial charge in [0.05, 0.1) is 11.8 Å².